The SMILES string of the molecule is CCCCOC(=O)c1cc(OCC(=O)NCCOCCC(=O)O)cc(-c2cc(OCC(=O)NCCOCCC(=O)O)cc(OCC(=O)NCCOCCC(=O)O)c2)c1. The monoisotopic (exact) mass is 821 g/mol. The maximum atomic E-state index is 13.1. The molecule has 2 rings (SSSR count). The van der Waals surface area contributed by atoms with Crippen molar-refractivity contribution >= 4 is 41.6 Å². The molecule has 0 aliphatic rings. The average molecular weight is 822 g/mol. The zero-order valence-corrected chi connectivity index (χ0v) is 32.2. The van der Waals surface area contributed by atoms with Crippen molar-refractivity contribution in [2.24, 2.45) is 0 Å². The average Bonchev–Trinajstić information content (AvgIpc) is 3.19. The van der Waals surface area contributed by atoms with Gasteiger partial charge in [-0.2, -0.15) is 0 Å². The second-order valence-corrected chi connectivity index (χ2v) is 12.1. The third-order valence-electron chi connectivity index (χ3n) is 7.28. The smallest absolute Gasteiger partial charge is 0.338 e. The topological polar surface area (TPSA) is 281 Å². The van der Waals surface area contributed by atoms with E-state index in [0.717, 1.165) is 6.42 Å². The van der Waals surface area contributed by atoms with Gasteiger partial charge in [0.15, 0.2) is 19.8 Å². The normalized spacial score (nSPS) is 10.6. The van der Waals surface area contributed by atoms with Crippen molar-refractivity contribution in [3.8, 4) is 28.4 Å². The summed E-state index contributed by atoms with van der Waals surface area (Å²) >= 11 is 0. The minimum absolute atomic E-state index is 0.00890. The zero-order chi connectivity index (χ0) is 42.5. The fourth-order valence-corrected chi connectivity index (χ4v) is 4.44. The number of rotatable bonds is 32. The molecule has 2 aromatic carbocycles. The Labute approximate surface area is 334 Å². The first-order valence-electron chi connectivity index (χ1n) is 18.4. The molecular formula is C38H51N3O17. The van der Waals surface area contributed by atoms with Gasteiger partial charge in [-0.3, -0.25) is 28.8 Å². The maximum absolute atomic E-state index is 13.1. The van der Waals surface area contributed by atoms with Crippen LogP contribution in [0.1, 0.15) is 49.4 Å². The number of amides is 3. The highest BCUT2D eigenvalue weighted by molar-refractivity contribution is 5.92. The summed E-state index contributed by atoms with van der Waals surface area (Å²) in [5.74, 6) is -4.84. The van der Waals surface area contributed by atoms with Gasteiger partial charge in [0, 0.05) is 25.7 Å². The number of carbonyl (C=O) groups excluding carboxylic acids is 4. The summed E-state index contributed by atoms with van der Waals surface area (Å²) < 4.78 is 38.1. The number of carbonyl (C=O) groups is 7. The molecule has 0 saturated heterocycles. The lowest BCUT2D eigenvalue weighted by molar-refractivity contribution is -0.139. The summed E-state index contributed by atoms with van der Waals surface area (Å²) in [6.07, 6.45) is 0.888. The maximum Gasteiger partial charge on any atom is 0.338 e. The highest BCUT2D eigenvalue weighted by Gasteiger charge is 2.16. The van der Waals surface area contributed by atoms with E-state index in [1.54, 1.807) is 18.2 Å². The van der Waals surface area contributed by atoms with E-state index >= 15 is 0 Å². The van der Waals surface area contributed by atoms with E-state index in [2.05, 4.69) is 16.0 Å². The molecule has 3 amide bonds. The molecule has 20 nitrogen and oxygen atoms in total. The number of aliphatic carboxylic acids is 3. The Morgan fingerprint density at radius 2 is 0.879 bits per heavy atom. The molecule has 0 saturated carbocycles. The van der Waals surface area contributed by atoms with E-state index in [9.17, 15) is 33.6 Å². The predicted octanol–water partition coefficient (Wildman–Crippen LogP) is 1.27. The van der Waals surface area contributed by atoms with Gasteiger partial charge in [0.1, 0.15) is 17.2 Å². The van der Waals surface area contributed by atoms with Gasteiger partial charge >= 0.3 is 23.9 Å². The molecule has 320 valence electrons. The van der Waals surface area contributed by atoms with Gasteiger partial charge in [0.2, 0.25) is 0 Å². The number of ether oxygens (including phenoxy) is 7. The van der Waals surface area contributed by atoms with Crippen molar-refractivity contribution in [2.75, 3.05) is 85.7 Å². The second kappa shape index (κ2) is 28.4. The van der Waals surface area contributed by atoms with Crippen LogP contribution in [-0.2, 0) is 47.7 Å². The molecule has 20 heteroatoms. The van der Waals surface area contributed by atoms with Crippen molar-refractivity contribution in [1.82, 2.24) is 16.0 Å². The summed E-state index contributed by atoms with van der Waals surface area (Å²) in [7, 11) is 0. The van der Waals surface area contributed by atoms with Crippen LogP contribution in [-0.4, -0.2) is 143 Å². The van der Waals surface area contributed by atoms with Crippen LogP contribution in [0.2, 0.25) is 0 Å². The third kappa shape index (κ3) is 22.5. The Balaban J connectivity index is 2.26. The number of hydrogen-bond donors (Lipinski definition) is 6. The van der Waals surface area contributed by atoms with E-state index in [1.807, 2.05) is 6.92 Å². The van der Waals surface area contributed by atoms with Gasteiger partial charge in [-0.15, -0.1) is 0 Å². The molecule has 0 unspecified atom stereocenters. The Hall–Kier alpha value is -5.99. The molecule has 6 N–H and O–H groups in total. The van der Waals surface area contributed by atoms with Gasteiger partial charge in [0.05, 0.1) is 71.1 Å². The van der Waals surface area contributed by atoms with Gasteiger partial charge < -0.3 is 64.4 Å². The lowest BCUT2D eigenvalue weighted by Gasteiger charge is -2.15. The molecule has 0 atom stereocenters. The van der Waals surface area contributed by atoms with E-state index in [1.165, 1.54) is 18.2 Å². The molecule has 0 radical (unpaired) electrons. The molecular weight excluding hydrogens is 770 g/mol. The number of benzene rings is 2. The molecule has 0 fully saturated rings. The predicted molar refractivity (Wildman–Crippen MR) is 202 cm³/mol. The summed E-state index contributed by atoms with van der Waals surface area (Å²) in [5, 5.41) is 33.9. The van der Waals surface area contributed by atoms with Gasteiger partial charge in [-0.1, -0.05) is 13.3 Å². The van der Waals surface area contributed by atoms with E-state index in [-0.39, 0.29) is 108 Å². The van der Waals surface area contributed by atoms with Gasteiger partial charge in [0.25, 0.3) is 17.7 Å². The van der Waals surface area contributed by atoms with Crippen molar-refractivity contribution in [1.29, 1.82) is 0 Å². The number of esters is 1. The van der Waals surface area contributed by atoms with E-state index < -0.39 is 61.4 Å². The first kappa shape index (κ1) is 48.2. The van der Waals surface area contributed by atoms with Crippen LogP contribution >= 0.6 is 0 Å². The molecule has 0 aliphatic carbocycles. The first-order valence-corrected chi connectivity index (χ1v) is 18.4. The van der Waals surface area contributed by atoms with Crippen molar-refractivity contribution < 1.29 is 82.0 Å². The fraction of sp³-hybridized carbons (Fsp3) is 0.500. The van der Waals surface area contributed by atoms with Crippen LogP contribution in [0.25, 0.3) is 11.1 Å². The number of carboxylic acids is 3. The molecule has 0 heterocycles. The summed E-state index contributed by atoms with van der Waals surface area (Å²) in [6.45, 7) is 1.27. The lowest BCUT2D eigenvalue weighted by Crippen LogP contribution is -2.32. The van der Waals surface area contributed by atoms with Crippen LogP contribution in [0.5, 0.6) is 17.2 Å². The van der Waals surface area contributed by atoms with Gasteiger partial charge in [-0.05, 0) is 47.9 Å². The number of hydrogen-bond acceptors (Lipinski definition) is 14. The van der Waals surface area contributed by atoms with Crippen LogP contribution in [0.15, 0.2) is 36.4 Å². The molecule has 0 bridgehead atoms. The Morgan fingerprint density at radius 1 is 0.500 bits per heavy atom. The fourth-order valence-electron chi connectivity index (χ4n) is 4.44. The standard InChI is InChI=1S/C38H51N3O17/c1-2-3-10-55-38(51)28-17-26(18-29(21-28)56-23-32(42)39-7-14-52-11-4-35(45)46)27-19-30(57-24-33(43)40-8-15-53-12-5-36(47)48)22-31(20-27)58-25-34(44)41-9-16-54-13-6-37(49)50/h17-22H,2-16,23-25H2,1H3,(H,39,42)(H,40,43)(H,41,44)(H,45,46)(H,47,48)(H,49,50). The summed E-state index contributed by atoms with van der Waals surface area (Å²) in [4.78, 5) is 82.5. The van der Waals surface area contributed by atoms with Crippen molar-refractivity contribution in [3.05, 3.63) is 42.0 Å². The number of carboxylic acid groups (broad SMARTS) is 3. The van der Waals surface area contributed by atoms with E-state index in [4.69, 9.17) is 48.5 Å². The van der Waals surface area contributed by atoms with E-state index in [0.29, 0.717) is 17.5 Å². The highest BCUT2D eigenvalue weighted by Crippen LogP contribution is 2.33. The van der Waals surface area contributed by atoms with Crippen LogP contribution in [0.3, 0.4) is 0 Å². The molecule has 0 aliphatic heterocycles. The second-order valence-electron chi connectivity index (χ2n) is 12.1. The third-order valence-corrected chi connectivity index (χ3v) is 7.28. The largest absolute Gasteiger partial charge is 0.484 e. The molecule has 0 spiro atoms. The van der Waals surface area contributed by atoms with Crippen LogP contribution in [0, 0.1) is 0 Å². The van der Waals surface area contributed by atoms with Gasteiger partial charge in [-0.25, -0.2) is 4.79 Å². The Morgan fingerprint density at radius 3 is 1.26 bits per heavy atom. The van der Waals surface area contributed by atoms with Crippen LogP contribution < -0.4 is 30.2 Å². The molecule has 0 aromatic heterocycles. The summed E-state index contributed by atoms with van der Waals surface area (Å²) in [5.41, 5.74) is 0.871. The van der Waals surface area contributed by atoms with Crippen molar-refractivity contribution in [2.45, 2.75) is 39.0 Å². The molecule has 2 aromatic rings. The first-order chi connectivity index (χ1) is 27.9. The van der Waals surface area contributed by atoms with Crippen molar-refractivity contribution in [3.63, 3.8) is 0 Å². The number of unbranched alkanes of at least 4 members (excludes halogenated alkanes) is 1. The lowest BCUT2D eigenvalue weighted by atomic mass is 10.0. The zero-order valence-electron chi connectivity index (χ0n) is 32.2. The van der Waals surface area contributed by atoms with Crippen LogP contribution in [0.4, 0.5) is 0 Å². The minimum Gasteiger partial charge on any atom is -0.484 e. The summed E-state index contributed by atoms with van der Waals surface area (Å²) in [6, 6.07) is 9.00. The quantitative estimate of drug-likeness (QED) is 0.0448. The Kier molecular flexibility index (Phi) is 23.6. The molecule has 58 heavy (non-hydrogen) atoms. The Bertz CT molecular complexity index is 1590. The highest BCUT2D eigenvalue weighted by atomic mass is 16.5. The number of nitrogens with one attached hydrogen (secondary N) is 3. The minimum atomic E-state index is -1.01.